The van der Waals surface area contributed by atoms with Crippen molar-refractivity contribution in [2.75, 3.05) is 46.9 Å². The number of imide groups is 1. The number of ether oxygens (including phenoxy) is 1. The SMILES string of the molecule is COC(=O)CN1CCN(C2=NC3C(C(=O)NC(=O)N3C)N2Cc2ccc(Cl)cc2Cl)CC1. The first kappa shape index (κ1) is 22.6. The summed E-state index contributed by atoms with van der Waals surface area (Å²) >= 11 is 12.4. The number of guanidine groups is 1. The molecule has 3 heterocycles. The van der Waals surface area contributed by atoms with E-state index in [1.165, 1.54) is 12.0 Å². The highest BCUT2D eigenvalue weighted by Crippen LogP contribution is 2.30. The maximum atomic E-state index is 12.8. The summed E-state index contributed by atoms with van der Waals surface area (Å²) in [6, 6.07) is 4.07. The number of hydrogen-bond donors (Lipinski definition) is 1. The number of methoxy groups -OCH3 is 1. The Bertz CT molecular complexity index is 965. The normalized spacial score (nSPS) is 23.8. The zero-order valence-corrected chi connectivity index (χ0v) is 19.3. The van der Waals surface area contributed by atoms with E-state index in [-0.39, 0.29) is 12.5 Å². The first-order valence-corrected chi connectivity index (χ1v) is 10.9. The molecule has 32 heavy (non-hydrogen) atoms. The summed E-state index contributed by atoms with van der Waals surface area (Å²) in [4.78, 5) is 48.7. The number of nitrogens with one attached hydrogen (secondary N) is 1. The van der Waals surface area contributed by atoms with Crippen LogP contribution in [-0.4, -0.2) is 103 Å². The summed E-state index contributed by atoms with van der Waals surface area (Å²) in [5, 5.41) is 3.41. The zero-order chi connectivity index (χ0) is 23.0. The van der Waals surface area contributed by atoms with Crippen molar-refractivity contribution in [1.29, 1.82) is 0 Å². The molecule has 3 aliphatic rings. The number of benzene rings is 1. The molecule has 3 amide bonds. The van der Waals surface area contributed by atoms with E-state index in [0.717, 1.165) is 5.56 Å². The molecule has 2 saturated heterocycles. The van der Waals surface area contributed by atoms with Crippen LogP contribution in [0.1, 0.15) is 5.56 Å². The van der Waals surface area contributed by atoms with E-state index in [4.69, 9.17) is 32.9 Å². The van der Waals surface area contributed by atoms with Gasteiger partial charge in [0.15, 0.2) is 18.2 Å². The number of carbonyl (C=O) groups is 3. The van der Waals surface area contributed by atoms with Gasteiger partial charge < -0.3 is 19.4 Å². The number of piperazine rings is 1. The topological polar surface area (TPSA) is 97.8 Å². The fourth-order valence-corrected chi connectivity index (χ4v) is 4.60. The first-order chi connectivity index (χ1) is 15.3. The Labute approximate surface area is 195 Å². The van der Waals surface area contributed by atoms with Gasteiger partial charge in [-0.05, 0) is 17.7 Å². The lowest BCUT2D eigenvalue weighted by molar-refractivity contribution is -0.142. The maximum absolute atomic E-state index is 12.8. The second-order valence-corrected chi connectivity index (χ2v) is 8.74. The van der Waals surface area contributed by atoms with E-state index < -0.39 is 24.1 Å². The molecule has 4 rings (SSSR count). The van der Waals surface area contributed by atoms with Gasteiger partial charge >= 0.3 is 12.0 Å². The van der Waals surface area contributed by atoms with Crippen LogP contribution in [0.5, 0.6) is 0 Å². The van der Waals surface area contributed by atoms with Crippen LogP contribution in [0.25, 0.3) is 0 Å². The molecule has 0 radical (unpaired) electrons. The Balaban J connectivity index is 1.58. The number of likely N-dealkylation sites (N-methyl/N-ethyl adjacent to an activating group) is 1. The molecular weight excluding hydrogens is 459 g/mol. The molecule has 0 bridgehead atoms. The average Bonchev–Trinajstić information content (AvgIpc) is 3.14. The van der Waals surface area contributed by atoms with Gasteiger partial charge in [0.1, 0.15) is 0 Å². The number of halogens is 2. The maximum Gasteiger partial charge on any atom is 0.325 e. The molecule has 0 aromatic heterocycles. The van der Waals surface area contributed by atoms with Crippen LogP contribution in [0, 0.1) is 0 Å². The molecule has 2 unspecified atom stereocenters. The van der Waals surface area contributed by atoms with Crippen molar-refractivity contribution in [3.8, 4) is 0 Å². The number of amides is 3. The minimum Gasteiger partial charge on any atom is -0.468 e. The minimum absolute atomic E-state index is 0.228. The Kier molecular flexibility index (Phi) is 6.45. The molecule has 2 fully saturated rings. The van der Waals surface area contributed by atoms with Crippen LogP contribution in [0.15, 0.2) is 23.2 Å². The molecule has 12 heteroatoms. The highest BCUT2D eigenvalue weighted by molar-refractivity contribution is 6.35. The molecule has 0 spiro atoms. The number of rotatable bonds is 4. The summed E-state index contributed by atoms with van der Waals surface area (Å²) in [5.41, 5.74) is 0.793. The number of fused-ring (bicyclic) bond motifs is 1. The molecule has 0 saturated carbocycles. The number of urea groups is 1. The largest absolute Gasteiger partial charge is 0.468 e. The summed E-state index contributed by atoms with van der Waals surface area (Å²) < 4.78 is 4.75. The Morgan fingerprint density at radius 3 is 2.59 bits per heavy atom. The van der Waals surface area contributed by atoms with E-state index in [1.807, 2.05) is 15.9 Å². The predicted octanol–water partition coefficient (Wildman–Crippen LogP) is 0.832. The van der Waals surface area contributed by atoms with E-state index in [9.17, 15) is 14.4 Å². The van der Waals surface area contributed by atoms with Crippen LogP contribution < -0.4 is 5.32 Å². The van der Waals surface area contributed by atoms with Gasteiger partial charge in [0.25, 0.3) is 5.91 Å². The van der Waals surface area contributed by atoms with E-state index >= 15 is 0 Å². The van der Waals surface area contributed by atoms with Gasteiger partial charge in [-0.3, -0.25) is 19.8 Å². The van der Waals surface area contributed by atoms with Gasteiger partial charge in [0, 0.05) is 49.8 Å². The Morgan fingerprint density at radius 2 is 1.94 bits per heavy atom. The van der Waals surface area contributed by atoms with Gasteiger partial charge in [0.05, 0.1) is 13.7 Å². The molecule has 1 aromatic carbocycles. The third-order valence-electron chi connectivity index (χ3n) is 5.93. The fraction of sp³-hybridized carbons (Fsp3) is 0.500. The van der Waals surface area contributed by atoms with Crippen LogP contribution in [0.2, 0.25) is 10.0 Å². The molecule has 1 aromatic rings. The average molecular weight is 483 g/mol. The van der Waals surface area contributed by atoms with Crippen LogP contribution in [-0.2, 0) is 20.9 Å². The van der Waals surface area contributed by atoms with Crippen molar-refractivity contribution in [1.82, 2.24) is 24.9 Å². The number of carbonyl (C=O) groups excluding carboxylic acids is 3. The van der Waals surface area contributed by atoms with Crippen molar-refractivity contribution in [3.05, 3.63) is 33.8 Å². The molecule has 10 nitrogen and oxygen atoms in total. The van der Waals surface area contributed by atoms with Crippen molar-refractivity contribution < 1.29 is 19.1 Å². The highest BCUT2D eigenvalue weighted by atomic mass is 35.5. The van der Waals surface area contributed by atoms with Crippen molar-refractivity contribution in [2.45, 2.75) is 18.8 Å². The quantitative estimate of drug-likeness (QED) is 0.634. The third kappa shape index (κ3) is 4.35. The number of aliphatic imine (C=N–C) groups is 1. The van der Waals surface area contributed by atoms with Crippen molar-refractivity contribution in [2.24, 2.45) is 4.99 Å². The first-order valence-electron chi connectivity index (χ1n) is 10.2. The summed E-state index contributed by atoms with van der Waals surface area (Å²) in [7, 11) is 2.99. The lowest BCUT2D eigenvalue weighted by Gasteiger charge is -2.40. The number of nitrogens with zero attached hydrogens (tertiary/aromatic N) is 5. The molecule has 2 atom stereocenters. The molecule has 0 aliphatic carbocycles. The fourth-order valence-electron chi connectivity index (χ4n) is 4.13. The Morgan fingerprint density at radius 1 is 1.22 bits per heavy atom. The lowest BCUT2D eigenvalue weighted by atomic mass is 10.1. The predicted molar refractivity (Wildman–Crippen MR) is 118 cm³/mol. The standard InChI is InChI=1S/C20H24Cl2N6O4/c1-25-17-16(18(30)24-20(25)31)28(10-12-3-4-13(21)9-14(12)22)19(23-17)27-7-5-26(6-8-27)11-15(29)32-2/h3-4,9,16-17H,5-8,10-11H2,1-2H3,(H,24,30,31). The van der Waals surface area contributed by atoms with Gasteiger partial charge in [0.2, 0.25) is 0 Å². The van der Waals surface area contributed by atoms with E-state index in [1.54, 1.807) is 19.2 Å². The molecular formula is C20H24Cl2N6O4. The number of esters is 1. The molecule has 3 aliphatic heterocycles. The van der Waals surface area contributed by atoms with Crippen LogP contribution in [0.4, 0.5) is 4.79 Å². The summed E-state index contributed by atoms with van der Waals surface area (Å²) in [5.74, 6) is -0.0508. The van der Waals surface area contributed by atoms with Crippen molar-refractivity contribution >= 4 is 47.1 Å². The van der Waals surface area contributed by atoms with Gasteiger partial charge in [-0.2, -0.15) is 0 Å². The van der Waals surface area contributed by atoms with Crippen LogP contribution in [0.3, 0.4) is 0 Å². The lowest BCUT2D eigenvalue weighted by Crippen LogP contribution is -2.64. The Hall–Kier alpha value is -2.56. The molecule has 172 valence electrons. The van der Waals surface area contributed by atoms with Crippen molar-refractivity contribution in [3.63, 3.8) is 0 Å². The van der Waals surface area contributed by atoms with Crippen LogP contribution >= 0.6 is 23.2 Å². The van der Waals surface area contributed by atoms with E-state index in [0.29, 0.717) is 48.7 Å². The monoisotopic (exact) mass is 482 g/mol. The third-order valence-corrected chi connectivity index (χ3v) is 6.52. The van der Waals surface area contributed by atoms with Gasteiger partial charge in [-0.15, -0.1) is 0 Å². The van der Waals surface area contributed by atoms with Gasteiger partial charge in [-0.1, -0.05) is 29.3 Å². The zero-order valence-electron chi connectivity index (χ0n) is 17.8. The minimum atomic E-state index is -0.674. The molecule has 1 N–H and O–H groups in total. The van der Waals surface area contributed by atoms with E-state index in [2.05, 4.69) is 10.2 Å². The number of hydrogen-bond acceptors (Lipinski definition) is 8. The summed E-state index contributed by atoms with van der Waals surface area (Å²) in [6.45, 7) is 3.05. The summed E-state index contributed by atoms with van der Waals surface area (Å²) in [6.07, 6.45) is -0.634. The second-order valence-electron chi connectivity index (χ2n) is 7.90. The van der Waals surface area contributed by atoms with Gasteiger partial charge in [-0.25, -0.2) is 9.79 Å². The highest BCUT2D eigenvalue weighted by Gasteiger charge is 2.50. The second kappa shape index (κ2) is 9.13. The smallest absolute Gasteiger partial charge is 0.325 e.